The lowest BCUT2D eigenvalue weighted by molar-refractivity contribution is -0.132. The minimum absolute atomic E-state index is 0.241. The minimum atomic E-state index is -1.24. The van der Waals surface area contributed by atoms with E-state index in [9.17, 15) is 14.7 Å². The summed E-state index contributed by atoms with van der Waals surface area (Å²) in [5.74, 6) is -0.694. The van der Waals surface area contributed by atoms with E-state index in [0.29, 0.717) is 35.8 Å². The molecule has 0 heterocycles. The Labute approximate surface area is 187 Å². The number of hydrogen-bond acceptors (Lipinski definition) is 4. The first kappa shape index (κ1) is 22.6. The Kier molecular flexibility index (Phi) is 7.65. The quantitative estimate of drug-likeness (QED) is 0.474. The number of aliphatic carboxylic acids is 1. The fourth-order valence-electron chi connectivity index (χ4n) is 3.03. The van der Waals surface area contributed by atoms with Crippen molar-refractivity contribution in [1.82, 2.24) is 5.32 Å². The molecule has 2 N–H and O–H groups in total. The highest BCUT2D eigenvalue weighted by Gasteiger charge is 2.14. The van der Waals surface area contributed by atoms with Crippen LogP contribution < -0.4 is 14.8 Å². The molecule has 0 aliphatic carbocycles. The molecule has 6 heteroatoms. The molecule has 0 saturated heterocycles. The lowest BCUT2D eigenvalue weighted by Gasteiger charge is -2.14. The highest BCUT2D eigenvalue weighted by Crippen LogP contribution is 2.30. The summed E-state index contributed by atoms with van der Waals surface area (Å²) < 4.78 is 11.7. The first-order valence-electron chi connectivity index (χ1n) is 10.2. The van der Waals surface area contributed by atoms with Crippen LogP contribution in [0.15, 0.2) is 78.5 Å². The van der Waals surface area contributed by atoms with Crippen molar-refractivity contribution in [2.24, 2.45) is 0 Å². The number of rotatable bonds is 9. The molecule has 6 nitrogen and oxygen atoms in total. The van der Waals surface area contributed by atoms with E-state index in [-0.39, 0.29) is 5.70 Å². The smallest absolute Gasteiger partial charge is 0.352 e. The van der Waals surface area contributed by atoms with Gasteiger partial charge >= 0.3 is 5.97 Å². The van der Waals surface area contributed by atoms with Crippen LogP contribution in [0.5, 0.6) is 11.5 Å². The number of carboxylic acid groups (broad SMARTS) is 1. The van der Waals surface area contributed by atoms with Crippen LogP contribution in [0.1, 0.15) is 34.0 Å². The van der Waals surface area contributed by atoms with Gasteiger partial charge in [0.05, 0.1) is 6.61 Å². The zero-order valence-electron chi connectivity index (χ0n) is 18.0. The van der Waals surface area contributed by atoms with Gasteiger partial charge < -0.3 is 19.9 Å². The molecule has 0 spiro atoms. The van der Waals surface area contributed by atoms with Gasteiger partial charge in [0.2, 0.25) is 0 Å². The Morgan fingerprint density at radius 3 is 2.34 bits per heavy atom. The van der Waals surface area contributed by atoms with Crippen molar-refractivity contribution in [3.8, 4) is 11.5 Å². The molecule has 0 aliphatic rings. The second-order valence-electron chi connectivity index (χ2n) is 7.04. The van der Waals surface area contributed by atoms with Crippen LogP contribution in [-0.4, -0.2) is 23.6 Å². The highest BCUT2D eigenvalue weighted by atomic mass is 16.5. The average molecular weight is 431 g/mol. The van der Waals surface area contributed by atoms with Crippen molar-refractivity contribution in [3.05, 3.63) is 101 Å². The number of nitrogens with one attached hydrogen (secondary N) is 1. The number of aryl methyl sites for hydroxylation is 1. The third-order valence-corrected chi connectivity index (χ3v) is 4.74. The number of carboxylic acids is 1. The Balaban J connectivity index is 1.81. The van der Waals surface area contributed by atoms with E-state index in [2.05, 4.69) is 5.32 Å². The third kappa shape index (κ3) is 5.98. The Morgan fingerprint density at radius 2 is 1.66 bits per heavy atom. The first-order chi connectivity index (χ1) is 15.5. The lowest BCUT2D eigenvalue weighted by atomic mass is 10.1. The molecule has 0 unspecified atom stereocenters. The number of benzene rings is 3. The lowest BCUT2D eigenvalue weighted by Crippen LogP contribution is -2.27. The fourth-order valence-corrected chi connectivity index (χ4v) is 3.03. The Bertz CT molecular complexity index is 1120. The molecule has 0 radical (unpaired) electrons. The van der Waals surface area contributed by atoms with Gasteiger partial charge in [-0.05, 0) is 60.9 Å². The summed E-state index contributed by atoms with van der Waals surface area (Å²) >= 11 is 0. The van der Waals surface area contributed by atoms with Crippen LogP contribution in [0.2, 0.25) is 0 Å². The van der Waals surface area contributed by atoms with Crippen molar-refractivity contribution >= 4 is 18.0 Å². The van der Waals surface area contributed by atoms with Crippen LogP contribution in [0.3, 0.4) is 0 Å². The summed E-state index contributed by atoms with van der Waals surface area (Å²) in [4.78, 5) is 24.1. The number of amides is 1. The van der Waals surface area contributed by atoms with Gasteiger partial charge in [0.25, 0.3) is 5.91 Å². The van der Waals surface area contributed by atoms with E-state index in [4.69, 9.17) is 9.47 Å². The molecule has 32 heavy (non-hydrogen) atoms. The molecule has 0 atom stereocenters. The average Bonchev–Trinajstić information content (AvgIpc) is 2.79. The molecule has 0 aliphatic heterocycles. The van der Waals surface area contributed by atoms with Crippen molar-refractivity contribution in [2.45, 2.75) is 20.5 Å². The molecular formula is C26H25NO5. The molecule has 0 aromatic heterocycles. The SMILES string of the molecule is CCOc1cc(/C=C(/NC(=O)c2ccccc2)C(=O)O)ccc1OCc1ccccc1C. The van der Waals surface area contributed by atoms with Gasteiger partial charge in [-0.2, -0.15) is 0 Å². The van der Waals surface area contributed by atoms with Gasteiger partial charge in [0.15, 0.2) is 11.5 Å². The zero-order valence-corrected chi connectivity index (χ0v) is 18.0. The zero-order chi connectivity index (χ0) is 22.9. The highest BCUT2D eigenvalue weighted by molar-refractivity contribution is 6.02. The maximum Gasteiger partial charge on any atom is 0.352 e. The summed E-state index contributed by atoms with van der Waals surface area (Å²) in [6, 6.07) is 21.5. The van der Waals surface area contributed by atoms with E-state index in [1.54, 1.807) is 48.5 Å². The Morgan fingerprint density at radius 1 is 0.938 bits per heavy atom. The van der Waals surface area contributed by atoms with E-state index in [1.807, 2.05) is 38.1 Å². The fraction of sp³-hybridized carbons (Fsp3) is 0.154. The number of carbonyl (C=O) groups excluding carboxylic acids is 1. The molecule has 3 rings (SSSR count). The molecule has 164 valence electrons. The molecule has 0 fully saturated rings. The molecule has 3 aromatic rings. The predicted octanol–water partition coefficient (Wildman–Crippen LogP) is 4.83. The van der Waals surface area contributed by atoms with Crippen LogP contribution in [0.25, 0.3) is 6.08 Å². The van der Waals surface area contributed by atoms with E-state index in [0.717, 1.165) is 11.1 Å². The second kappa shape index (κ2) is 10.8. The largest absolute Gasteiger partial charge is 0.490 e. The monoisotopic (exact) mass is 431 g/mol. The van der Waals surface area contributed by atoms with Crippen molar-refractivity contribution in [3.63, 3.8) is 0 Å². The molecular weight excluding hydrogens is 406 g/mol. The van der Waals surface area contributed by atoms with Crippen LogP contribution >= 0.6 is 0 Å². The van der Waals surface area contributed by atoms with Crippen molar-refractivity contribution in [1.29, 1.82) is 0 Å². The van der Waals surface area contributed by atoms with Crippen molar-refractivity contribution < 1.29 is 24.2 Å². The second-order valence-corrected chi connectivity index (χ2v) is 7.04. The van der Waals surface area contributed by atoms with E-state index >= 15 is 0 Å². The van der Waals surface area contributed by atoms with Crippen LogP contribution in [0.4, 0.5) is 0 Å². The van der Waals surface area contributed by atoms with Gasteiger partial charge in [-0.25, -0.2) is 4.79 Å². The Hall–Kier alpha value is -4.06. The minimum Gasteiger partial charge on any atom is -0.490 e. The molecule has 1 amide bonds. The van der Waals surface area contributed by atoms with E-state index in [1.165, 1.54) is 6.08 Å². The summed E-state index contributed by atoms with van der Waals surface area (Å²) in [6.45, 7) is 4.68. The predicted molar refractivity (Wildman–Crippen MR) is 123 cm³/mol. The summed E-state index contributed by atoms with van der Waals surface area (Å²) in [7, 11) is 0. The van der Waals surface area contributed by atoms with Gasteiger partial charge in [-0.1, -0.05) is 48.5 Å². The van der Waals surface area contributed by atoms with Crippen molar-refractivity contribution in [2.75, 3.05) is 6.61 Å². The maximum atomic E-state index is 12.4. The standard InChI is InChI=1S/C26H25NO5/c1-3-31-24-16-19(13-14-23(24)32-17-21-12-8-7-9-18(21)2)15-22(26(29)30)27-25(28)20-10-5-4-6-11-20/h4-16H,3,17H2,1-2H3,(H,27,28)(H,29,30)/b22-15+. The van der Waals surface area contributed by atoms with Gasteiger partial charge in [-0.3, -0.25) is 4.79 Å². The summed E-state index contributed by atoms with van der Waals surface area (Å²) in [6.07, 6.45) is 1.39. The molecule has 0 saturated carbocycles. The topological polar surface area (TPSA) is 84.9 Å². The number of ether oxygens (including phenoxy) is 2. The first-order valence-corrected chi connectivity index (χ1v) is 10.2. The van der Waals surface area contributed by atoms with Gasteiger partial charge in [-0.15, -0.1) is 0 Å². The van der Waals surface area contributed by atoms with E-state index < -0.39 is 11.9 Å². The third-order valence-electron chi connectivity index (χ3n) is 4.74. The van der Waals surface area contributed by atoms with Crippen LogP contribution in [0, 0.1) is 6.92 Å². The summed E-state index contributed by atoms with van der Waals surface area (Å²) in [5, 5.41) is 12.0. The number of carbonyl (C=O) groups is 2. The molecule has 3 aromatic carbocycles. The van der Waals surface area contributed by atoms with Gasteiger partial charge in [0.1, 0.15) is 12.3 Å². The number of hydrogen-bond donors (Lipinski definition) is 2. The molecule has 0 bridgehead atoms. The normalized spacial score (nSPS) is 11.0. The maximum absolute atomic E-state index is 12.4. The summed E-state index contributed by atoms with van der Waals surface area (Å²) in [5.41, 5.74) is 2.88. The van der Waals surface area contributed by atoms with Gasteiger partial charge in [0, 0.05) is 5.56 Å². The van der Waals surface area contributed by atoms with Crippen LogP contribution in [-0.2, 0) is 11.4 Å².